The molecule has 0 bridgehead atoms. The molecule has 0 saturated heterocycles. The summed E-state index contributed by atoms with van der Waals surface area (Å²) in [6.45, 7) is 3.87. The molecule has 0 aliphatic heterocycles. The van der Waals surface area contributed by atoms with Crippen LogP contribution in [0, 0.1) is 13.8 Å². The van der Waals surface area contributed by atoms with Crippen molar-refractivity contribution in [3.05, 3.63) is 47.2 Å². The molecule has 1 heterocycles. The second-order valence-electron chi connectivity index (χ2n) is 4.75. The third-order valence-electron chi connectivity index (χ3n) is 3.03. The summed E-state index contributed by atoms with van der Waals surface area (Å²) < 4.78 is 5.96. The topological polar surface area (TPSA) is 73.2 Å². The SMILES string of the molecule is COC(=O)Cn1ccc(NC(=O)c2ccc(C)cc2C)n1. The number of nitrogens with zero attached hydrogens (tertiary/aromatic N) is 2. The molecule has 0 spiro atoms. The Labute approximate surface area is 122 Å². The van der Waals surface area contributed by atoms with Crippen molar-refractivity contribution >= 4 is 17.7 Å². The highest BCUT2D eigenvalue weighted by Crippen LogP contribution is 2.13. The van der Waals surface area contributed by atoms with E-state index in [4.69, 9.17) is 0 Å². The lowest BCUT2D eigenvalue weighted by Crippen LogP contribution is -2.15. The Morgan fingerprint density at radius 2 is 2.05 bits per heavy atom. The standard InChI is InChI=1S/C15H17N3O3/c1-10-4-5-12(11(2)8-10)15(20)16-13-6-7-18(17-13)9-14(19)21-3/h4-8H,9H2,1-3H3,(H,16,17,20). The lowest BCUT2D eigenvalue weighted by atomic mass is 10.1. The quantitative estimate of drug-likeness (QED) is 0.872. The van der Waals surface area contributed by atoms with Crippen LogP contribution in [0.1, 0.15) is 21.5 Å². The lowest BCUT2D eigenvalue weighted by Gasteiger charge is -2.06. The highest BCUT2D eigenvalue weighted by Gasteiger charge is 2.11. The Kier molecular flexibility index (Phi) is 4.37. The van der Waals surface area contributed by atoms with Crippen molar-refractivity contribution in [2.75, 3.05) is 12.4 Å². The van der Waals surface area contributed by atoms with E-state index in [1.54, 1.807) is 18.3 Å². The highest BCUT2D eigenvalue weighted by atomic mass is 16.5. The van der Waals surface area contributed by atoms with Crippen LogP contribution in [0.25, 0.3) is 0 Å². The van der Waals surface area contributed by atoms with Crippen molar-refractivity contribution in [3.8, 4) is 0 Å². The van der Waals surface area contributed by atoms with Gasteiger partial charge in [-0.15, -0.1) is 0 Å². The minimum atomic E-state index is -0.398. The van der Waals surface area contributed by atoms with E-state index in [0.717, 1.165) is 11.1 Å². The van der Waals surface area contributed by atoms with Gasteiger partial charge in [0.1, 0.15) is 6.54 Å². The molecule has 0 radical (unpaired) electrons. The average molecular weight is 287 g/mol. The Morgan fingerprint density at radius 3 is 2.71 bits per heavy atom. The van der Waals surface area contributed by atoms with E-state index in [0.29, 0.717) is 11.4 Å². The van der Waals surface area contributed by atoms with E-state index in [9.17, 15) is 9.59 Å². The molecule has 2 rings (SSSR count). The van der Waals surface area contributed by atoms with Crippen LogP contribution < -0.4 is 5.32 Å². The number of hydrogen-bond donors (Lipinski definition) is 1. The smallest absolute Gasteiger partial charge is 0.327 e. The molecule has 1 N–H and O–H groups in total. The number of carbonyl (C=O) groups excluding carboxylic acids is 2. The molecule has 0 atom stereocenters. The van der Waals surface area contributed by atoms with Gasteiger partial charge in [-0.05, 0) is 25.5 Å². The zero-order valence-electron chi connectivity index (χ0n) is 12.2. The van der Waals surface area contributed by atoms with Gasteiger partial charge in [0.05, 0.1) is 7.11 Å². The zero-order chi connectivity index (χ0) is 15.4. The predicted molar refractivity (Wildman–Crippen MR) is 78.1 cm³/mol. The Balaban J connectivity index is 2.07. The van der Waals surface area contributed by atoms with E-state index in [1.807, 2.05) is 26.0 Å². The molecule has 21 heavy (non-hydrogen) atoms. The van der Waals surface area contributed by atoms with Gasteiger partial charge in [-0.2, -0.15) is 5.10 Å². The van der Waals surface area contributed by atoms with Crippen molar-refractivity contribution in [2.24, 2.45) is 0 Å². The molecular formula is C15H17N3O3. The molecule has 1 aromatic heterocycles. The van der Waals surface area contributed by atoms with Crippen molar-refractivity contribution in [2.45, 2.75) is 20.4 Å². The van der Waals surface area contributed by atoms with Crippen molar-refractivity contribution in [3.63, 3.8) is 0 Å². The third-order valence-corrected chi connectivity index (χ3v) is 3.03. The monoisotopic (exact) mass is 287 g/mol. The third kappa shape index (κ3) is 3.68. The first kappa shape index (κ1) is 14.8. The maximum absolute atomic E-state index is 12.2. The number of hydrogen-bond acceptors (Lipinski definition) is 4. The molecule has 6 nitrogen and oxygen atoms in total. The first-order chi connectivity index (χ1) is 9.99. The van der Waals surface area contributed by atoms with Crippen molar-refractivity contribution in [1.29, 1.82) is 0 Å². The van der Waals surface area contributed by atoms with E-state index >= 15 is 0 Å². The summed E-state index contributed by atoms with van der Waals surface area (Å²) in [5.74, 6) is -0.231. The molecule has 0 aliphatic carbocycles. The molecule has 1 amide bonds. The van der Waals surface area contributed by atoms with E-state index in [2.05, 4.69) is 15.2 Å². The number of rotatable bonds is 4. The van der Waals surface area contributed by atoms with Crippen molar-refractivity contribution < 1.29 is 14.3 Å². The second-order valence-corrected chi connectivity index (χ2v) is 4.75. The molecule has 0 unspecified atom stereocenters. The summed E-state index contributed by atoms with van der Waals surface area (Å²) in [7, 11) is 1.31. The van der Waals surface area contributed by atoms with E-state index < -0.39 is 5.97 Å². The van der Waals surface area contributed by atoms with Crippen LogP contribution in [0.2, 0.25) is 0 Å². The minimum absolute atomic E-state index is 0.00985. The number of benzene rings is 1. The summed E-state index contributed by atoms with van der Waals surface area (Å²) in [6, 6.07) is 7.25. The van der Waals surface area contributed by atoms with Gasteiger partial charge < -0.3 is 10.1 Å². The predicted octanol–water partition coefficient (Wildman–Crippen LogP) is 1.93. The van der Waals surface area contributed by atoms with Crippen molar-refractivity contribution in [1.82, 2.24) is 9.78 Å². The maximum Gasteiger partial charge on any atom is 0.327 e. The van der Waals surface area contributed by atoms with Crippen LogP contribution in [0.4, 0.5) is 5.82 Å². The molecule has 0 saturated carbocycles. The van der Waals surface area contributed by atoms with Gasteiger partial charge >= 0.3 is 5.97 Å². The zero-order valence-corrected chi connectivity index (χ0v) is 12.2. The van der Waals surface area contributed by atoms with Crippen LogP contribution in [0.5, 0.6) is 0 Å². The number of ether oxygens (including phenoxy) is 1. The second kappa shape index (κ2) is 6.21. The molecular weight excluding hydrogens is 270 g/mol. The van der Waals surface area contributed by atoms with Gasteiger partial charge in [0.25, 0.3) is 5.91 Å². The van der Waals surface area contributed by atoms with Crippen LogP contribution in [-0.4, -0.2) is 28.8 Å². The number of nitrogens with one attached hydrogen (secondary N) is 1. The minimum Gasteiger partial charge on any atom is -0.468 e. The van der Waals surface area contributed by atoms with Gasteiger partial charge in [-0.1, -0.05) is 17.7 Å². The first-order valence-electron chi connectivity index (χ1n) is 6.48. The molecule has 2 aromatic rings. The number of methoxy groups -OCH3 is 1. The molecule has 0 aliphatic rings. The molecule has 1 aromatic carbocycles. The van der Waals surface area contributed by atoms with Gasteiger partial charge in [-0.3, -0.25) is 14.3 Å². The summed E-state index contributed by atoms with van der Waals surface area (Å²) in [5, 5.41) is 6.80. The largest absolute Gasteiger partial charge is 0.468 e. The fourth-order valence-corrected chi connectivity index (χ4v) is 1.97. The molecule has 0 fully saturated rings. The lowest BCUT2D eigenvalue weighted by molar-refractivity contribution is -0.141. The Bertz CT molecular complexity index is 677. The number of aryl methyl sites for hydroxylation is 2. The molecule has 6 heteroatoms. The summed E-state index contributed by atoms with van der Waals surface area (Å²) in [6.07, 6.45) is 1.61. The fraction of sp³-hybridized carbons (Fsp3) is 0.267. The number of esters is 1. The fourth-order valence-electron chi connectivity index (χ4n) is 1.97. The van der Waals surface area contributed by atoms with Gasteiger partial charge in [0.15, 0.2) is 5.82 Å². The number of carbonyl (C=O) groups is 2. The number of anilines is 1. The number of aromatic nitrogens is 2. The maximum atomic E-state index is 12.2. The summed E-state index contributed by atoms with van der Waals surface area (Å²) >= 11 is 0. The summed E-state index contributed by atoms with van der Waals surface area (Å²) in [5.41, 5.74) is 2.61. The van der Waals surface area contributed by atoms with Crippen LogP contribution in [-0.2, 0) is 16.1 Å². The normalized spacial score (nSPS) is 10.2. The van der Waals surface area contributed by atoms with Gasteiger partial charge in [0, 0.05) is 17.8 Å². The average Bonchev–Trinajstić information content (AvgIpc) is 2.85. The van der Waals surface area contributed by atoms with Gasteiger partial charge in [0.2, 0.25) is 0 Å². The first-order valence-corrected chi connectivity index (χ1v) is 6.48. The number of amides is 1. The van der Waals surface area contributed by atoms with E-state index in [1.165, 1.54) is 11.8 Å². The molecule has 110 valence electrons. The van der Waals surface area contributed by atoms with Crippen LogP contribution >= 0.6 is 0 Å². The Hall–Kier alpha value is -2.63. The highest BCUT2D eigenvalue weighted by molar-refractivity contribution is 6.04. The van der Waals surface area contributed by atoms with Crippen LogP contribution in [0.15, 0.2) is 30.5 Å². The van der Waals surface area contributed by atoms with E-state index in [-0.39, 0.29) is 12.5 Å². The van der Waals surface area contributed by atoms with Crippen LogP contribution in [0.3, 0.4) is 0 Å². The van der Waals surface area contributed by atoms with Gasteiger partial charge in [-0.25, -0.2) is 0 Å². The Morgan fingerprint density at radius 1 is 1.29 bits per heavy atom. The summed E-state index contributed by atoms with van der Waals surface area (Å²) in [4.78, 5) is 23.3.